The first-order valence-electron chi connectivity index (χ1n) is 9.07. The van der Waals surface area contributed by atoms with E-state index in [0.717, 1.165) is 29.5 Å². The monoisotopic (exact) mass is 396 g/mol. The molecule has 0 amide bonds. The second-order valence-corrected chi connectivity index (χ2v) is 8.33. The summed E-state index contributed by atoms with van der Waals surface area (Å²) in [6.07, 6.45) is 5.49. The lowest BCUT2D eigenvalue weighted by molar-refractivity contribution is -0.114. The van der Waals surface area contributed by atoms with Gasteiger partial charge >= 0.3 is 0 Å². The summed E-state index contributed by atoms with van der Waals surface area (Å²) in [5, 5.41) is 7.37. The predicted octanol–water partition coefficient (Wildman–Crippen LogP) is 5.57. The number of fused-ring (bicyclic) bond motifs is 4. The van der Waals surface area contributed by atoms with Crippen molar-refractivity contribution in [3.8, 4) is 5.75 Å². The van der Waals surface area contributed by atoms with Crippen LogP contribution in [0.4, 0.5) is 0 Å². The van der Waals surface area contributed by atoms with Crippen LogP contribution < -0.4 is 4.74 Å². The van der Waals surface area contributed by atoms with E-state index in [1.807, 2.05) is 0 Å². The molecule has 3 nitrogen and oxygen atoms in total. The summed E-state index contributed by atoms with van der Waals surface area (Å²) in [5.41, 5.74) is 4.68. The van der Waals surface area contributed by atoms with E-state index < -0.39 is 0 Å². The summed E-state index contributed by atoms with van der Waals surface area (Å²) in [4.78, 5) is 0. The third kappa shape index (κ3) is 2.42. The van der Waals surface area contributed by atoms with Crippen LogP contribution >= 0.6 is 15.9 Å². The zero-order chi connectivity index (χ0) is 17.0. The van der Waals surface area contributed by atoms with Crippen molar-refractivity contribution in [2.24, 2.45) is 5.10 Å². The molecule has 25 heavy (non-hydrogen) atoms. The number of aryl methyl sites for hydroxylation is 1. The minimum atomic E-state index is -0.252. The van der Waals surface area contributed by atoms with Crippen molar-refractivity contribution in [3.05, 3.63) is 63.6 Å². The van der Waals surface area contributed by atoms with E-state index >= 15 is 0 Å². The summed E-state index contributed by atoms with van der Waals surface area (Å²) < 4.78 is 7.65. The van der Waals surface area contributed by atoms with Crippen molar-refractivity contribution in [1.82, 2.24) is 5.01 Å². The Bertz CT molecular complexity index is 853. The van der Waals surface area contributed by atoms with Gasteiger partial charge < -0.3 is 4.74 Å². The first kappa shape index (κ1) is 15.4. The Hall–Kier alpha value is -1.81. The van der Waals surface area contributed by atoms with Crippen LogP contribution in [0.25, 0.3) is 0 Å². The maximum absolute atomic E-state index is 6.55. The molecule has 1 saturated carbocycles. The zero-order valence-corrected chi connectivity index (χ0v) is 15.9. The fourth-order valence-electron chi connectivity index (χ4n) is 4.43. The molecule has 0 N–H and O–H groups in total. The highest BCUT2D eigenvalue weighted by atomic mass is 79.9. The number of ether oxygens (including phenoxy) is 1. The molecule has 0 bridgehead atoms. The van der Waals surface area contributed by atoms with Crippen LogP contribution in [0.15, 0.2) is 52.0 Å². The maximum Gasteiger partial charge on any atom is 0.198 e. The van der Waals surface area contributed by atoms with Crippen LogP contribution in [0.1, 0.15) is 54.8 Å². The molecule has 2 aromatic rings. The Morgan fingerprint density at radius 1 is 1.12 bits per heavy atom. The molecule has 0 saturated heterocycles. The SMILES string of the molecule is Cc1ccc(C2=NN3C(C2)c2cc(Br)ccc2OC32CCCC2)cc1. The highest BCUT2D eigenvalue weighted by molar-refractivity contribution is 9.10. The van der Waals surface area contributed by atoms with Crippen molar-refractivity contribution in [2.45, 2.75) is 50.8 Å². The summed E-state index contributed by atoms with van der Waals surface area (Å²) in [6.45, 7) is 2.12. The van der Waals surface area contributed by atoms with Gasteiger partial charge in [-0.1, -0.05) is 45.8 Å². The molecule has 2 heterocycles. The Morgan fingerprint density at radius 3 is 2.64 bits per heavy atom. The van der Waals surface area contributed by atoms with Crippen molar-refractivity contribution in [3.63, 3.8) is 0 Å². The van der Waals surface area contributed by atoms with E-state index in [0.29, 0.717) is 0 Å². The quantitative estimate of drug-likeness (QED) is 0.628. The second kappa shape index (κ2) is 5.60. The smallest absolute Gasteiger partial charge is 0.198 e. The van der Waals surface area contributed by atoms with Gasteiger partial charge in [0, 0.05) is 29.3 Å². The molecule has 0 radical (unpaired) electrons. The van der Waals surface area contributed by atoms with Gasteiger partial charge in [0.2, 0.25) is 0 Å². The maximum atomic E-state index is 6.55. The molecule has 1 spiro atoms. The van der Waals surface area contributed by atoms with Gasteiger partial charge in [-0.25, -0.2) is 5.01 Å². The van der Waals surface area contributed by atoms with Crippen LogP contribution in [0.3, 0.4) is 0 Å². The van der Waals surface area contributed by atoms with E-state index in [2.05, 4.69) is 70.3 Å². The second-order valence-electron chi connectivity index (χ2n) is 7.41. The van der Waals surface area contributed by atoms with Crippen molar-refractivity contribution in [2.75, 3.05) is 0 Å². The highest BCUT2D eigenvalue weighted by Gasteiger charge is 2.51. The lowest BCUT2D eigenvalue weighted by Gasteiger charge is -2.45. The van der Waals surface area contributed by atoms with Crippen LogP contribution in [0.2, 0.25) is 0 Å². The van der Waals surface area contributed by atoms with Gasteiger partial charge in [-0.3, -0.25) is 0 Å². The van der Waals surface area contributed by atoms with E-state index in [-0.39, 0.29) is 11.8 Å². The summed E-state index contributed by atoms with van der Waals surface area (Å²) >= 11 is 3.62. The number of halogens is 1. The van der Waals surface area contributed by atoms with Crippen LogP contribution in [-0.4, -0.2) is 16.4 Å². The molecule has 1 unspecified atom stereocenters. The van der Waals surface area contributed by atoms with Gasteiger partial charge in [0.1, 0.15) is 5.75 Å². The molecular weight excluding hydrogens is 376 g/mol. The number of hydrogen-bond acceptors (Lipinski definition) is 3. The molecule has 2 aromatic carbocycles. The minimum Gasteiger partial charge on any atom is -0.466 e. The minimum absolute atomic E-state index is 0.252. The standard InChI is InChI=1S/C21H21BrN2O/c1-14-4-6-15(7-5-14)18-13-19-17-12-16(22)8-9-20(17)25-21(24(19)23-18)10-2-3-11-21/h4-9,12,19H,2-3,10-11,13H2,1H3. The topological polar surface area (TPSA) is 24.8 Å². The molecule has 128 valence electrons. The van der Waals surface area contributed by atoms with Crippen molar-refractivity contribution >= 4 is 21.6 Å². The van der Waals surface area contributed by atoms with E-state index in [9.17, 15) is 0 Å². The van der Waals surface area contributed by atoms with Gasteiger partial charge in [-0.2, -0.15) is 5.10 Å². The normalized spacial score (nSPS) is 23.2. The average Bonchev–Trinajstić information content (AvgIpc) is 3.25. The number of rotatable bonds is 1. The lowest BCUT2D eigenvalue weighted by Crippen LogP contribution is -2.51. The molecule has 0 aromatic heterocycles. The summed E-state index contributed by atoms with van der Waals surface area (Å²) in [7, 11) is 0. The molecule has 2 aliphatic heterocycles. The van der Waals surface area contributed by atoms with Gasteiger partial charge in [0.25, 0.3) is 0 Å². The molecule has 5 rings (SSSR count). The largest absolute Gasteiger partial charge is 0.466 e. The fourth-order valence-corrected chi connectivity index (χ4v) is 4.81. The third-order valence-electron chi connectivity index (χ3n) is 5.73. The zero-order valence-electron chi connectivity index (χ0n) is 14.3. The number of hydrazone groups is 1. The Labute approximate surface area is 156 Å². The Morgan fingerprint density at radius 2 is 1.88 bits per heavy atom. The van der Waals surface area contributed by atoms with Crippen LogP contribution in [0.5, 0.6) is 5.75 Å². The fraction of sp³-hybridized carbons (Fsp3) is 0.381. The van der Waals surface area contributed by atoms with Gasteiger partial charge in [0.15, 0.2) is 5.72 Å². The van der Waals surface area contributed by atoms with Crippen molar-refractivity contribution in [1.29, 1.82) is 0 Å². The number of benzene rings is 2. The number of nitrogens with zero attached hydrogens (tertiary/aromatic N) is 2. The van der Waals surface area contributed by atoms with Crippen LogP contribution in [-0.2, 0) is 0 Å². The van der Waals surface area contributed by atoms with E-state index in [4.69, 9.17) is 9.84 Å². The third-order valence-corrected chi connectivity index (χ3v) is 6.22. The molecular formula is C21H21BrN2O. The van der Waals surface area contributed by atoms with Gasteiger partial charge in [0.05, 0.1) is 11.8 Å². The average molecular weight is 397 g/mol. The predicted molar refractivity (Wildman–Crippen MR) is 103 cm³/mol. The molecule has 3 aliphatic rings. The van der Waals surface area contributed by atoms with Crippen LogP contribution in [0, 0.1) is 6.92 Å². The molecule has 1 aliphatic carbocycles. The number of hydrogen-bond donors (Lipinski definition) is 0. The van der Waals surface area contributed by atoms with Gasteiger partial charge in [-0.15, -0.1) is 0 Å². The summed E-state index contributed by atoms with van der Waals surface area (Å²) in [6, 6.07) is 15.4. The Kier molecular flexibility index (Phi) is 3.46. The first-order chi connectivity index (χ1) is 12.1. The highest BCUT2D eigenvalue weighted by Crippen LogP contribution is 2.52. The molecule has 1 fully saturated rings. The molecule has 1 atom stereocenters. The lowest BCUT2D eigenvalue weighted by atomic mass is 9.94. The van der Waals surface area contributed by atoms with Crippen molar-refractivity contribution < 1.29 is 4.74 Å². The first-order valence-corrected chi connectivity index (χ1v) is 9.86. The Balaban J connectivity index is 1.60. The van der Waals surface area contributed by atoms with Gasteiger partial charge in [-0.05, 0) is 43.5 Å². The summed E-state index contributed by atoms with van der Waals surface area (Å²) in [5.74, 6) is 1.03. The van der Waals surface area contributed by atoms with E-state index in [1.54, 1.807) is 0 Å². The molecule has 4 heteroatoms. The van der Waals surface area contributed by atoms with E-state index in [1.165, 1.54) is 35.2 Å².